The summed E-state index contributed by atoms with van der Waals surface area (Å²) in [5, 5.41) is 2.78. The van der Waals surface area contributed by atoms with Crippen LogP contribution < -0.4 is 14.8 Å². The van der Waals surface area contributed by atoms with Crippen LogP contribution in [0.25, 0.3) is 0 Å². The maximum absolute atomic E-state index is 11.9. The van der Waals surface area contributed by atoms with Gasteiger partial charge in [0.05, 0.1) is 7.11 Å². The Bertz CT molecular complexity index is 600. The monoisotopic (exact) mass is 285 g/mol. The average molecular weight is 285 g/mol. The summed E-state index contributed by atoms with van der Waals surface area (Å²) in [4.78, 5) is 11.9. The zero-order chi connectivity index (χ0) is 15.2. The molecule has 0 aliphatic carbocycles. The second kappa shape index (κ2) is 6.79. The third-order valence-corrected chi connectivity index (χ3v) is 3.13. The Hall–Kier alpha value is -2.49. The van der Waals surface area contributed by atoms with E-state index in [2.05, 4.69) is 5.32 Å². The fourth-order valence-electron chi connectivity index (χ4n) is 2.04. The largest absolute Gasteiger partial charge is 0.497 e. The molecule has 0 radical (unpaired) electrons. The van der Waals surface area contributed by atoms with E-state index in [4.69, 9.17) is 9.47 Å². The lowest BCUT2D eigenvalue weighted by molar-refractivity contribution is -0.118. The molecule has 21 heavy (non-hydrogen) atoms. The van der Waals surface area contributed by atoms with Crippen molar-refractivity contribution in [3.05, 3.63) is 53.6 Å². The van der Waals surface area contributed by atoms with E-state index < -0.39 is 0 Å². The Morgan fingerprint density at radius 3 is 2.24 bits per heavy atom. The molecule has 0 aromatic heterocycles. The topological polar surface area (TPSA) is 47.6 Å². The Balaban J connectivity index is 1.92. The van der Waals surface area contributed by atoms with Crippen LogP contribution in [-0.2, 0) is 4.79 Å². The van der Waals surface area contributed by atoms with Crippen molar-refractivity contribution in [2.75, 3.05) is 19.0 Å². The van der Waals surface area contributed by atoms with Crippen molar-refractivity contribution in [3.63, 3.8) is 0 Å². The number of anilines is 1. The van der Waals surface area contributed by atoms with Crippen LogP contribution in [0.5, 0.6) is 11.5 Å². The molecule has 0 bridgehead atoms. The summed E-state index contributed by atoms with van der Waals surface area (Å²) in [5.41, 5.74) is 2.76. The molecule has 0 spiro atoms. The van der Waals surface area contributed by atoms with Crippen LogP contribution in [0, 0.1) is 13.8 Å². The van der Waals surface area contributed by atoms with Gasteiger partial charge < -0.3 is 14.8 Å². The smallest absolute Gasteiger partial charge is 0.262 e. The molecule has 0 saturated carbocycles. The van der Waals surface area contributed by atoms with Crippen molar-refractivity contribution < 1.29 is 14.3 Å². The second-order valence-corrected chi connectivity index (χ2v) is 4.79. The highest BCUT2D eigenvalue weighted by molar-refractivity contribution is 5.91. The van der Waals surface area contributed by atoms with Crippen molar-refractivity contribution >= 4 is 11.6 Å². The number of para-hydroxylation sites is 1. The quantitative estimate of drug-likeness (QED) is 0.916. The van der Waals surface area contributed by atoms with Crippen LogP contribution in [0.4, 0.5) is 5.69 Å². The number of hydrogen-bond donors (Lipinski definition) is 1. The highest BCUT2D eigenvalue weighted by atomic mass is 16.5. The Labute approximate surface area is 124 Å². The molecule has 0 heterocycles. The average Bonchev–Trinajstić information content (AvgIpc) is 2.47. The van der Waals surface area contributed by atoms with Gasteiger partial charge in [-0.1, -0.05) is 18.2 Å². The number of benzene rings is 2. The van der Waals surface area contributed by atoms with E-state index in [-0.39, 0.29) is 12.5 Å². The van der Waals surface area contributed by atoms with E-state index in [1.807, 2.05) is 32.0 Å². The van der Waals surface area contributed by atoms with Crippen LogP contribution in [0.3, 0.4) is 0 Å². The first kappa shape index (κ1) is 14.9. The first-order valence-electron chi connectivity index (χ1n) is 6.73. The molecule has 110 valence electrons. The van der Waals surface area contributed by atoms with E-state index in [0.717, 1.165) is 22.6 Å². The normalized spacial score (nSPS) is 10.0. The molecule has 1 N–H and O–H groups in total. The minimum absolute atomic E-state index is 0.0161. The second-order valence-electron chi connectivity index (χ2n) is 4.79. The van der Waals surface area contributed by atoms with Gasteiger partial charge in [0.1, 0.15) is 11.5 Å². The molecular weight excluding hydrogens is 266 g/mol. The Morgan fingerprint density at radius 1 is 1.05 bits per heavy atom. The molecular formula is C17H19NO3. The van der Waals surface area contributed by atoms with Gasteiger partial charge in [-0.05, 0) is 49.2 Å². The number of hydrogen-bond acceptors (Lipinski definition) is 3. The summed E-state index contributed by atoms with van der Waals surface area (Å²) < 4.78 is 10.7. The zero-order valence-corrected chi connectivity index (χ0v) is 12.5. The third-order valence-electron chi connectivity index (χ3n) is 3.13. The summed E-state index contributed by atoms with van der Waals surface area (Å²) in [6.45, 7) is 3.91. The van der Waals surface area contributed by atoms with Gasteiger partial charge in [-0.15, -0.1) is 0 Å². The number of ether oxygens (including phenoxy) is 2. The summed E-state index contributed by atoms with van der Waals surface area (Å²) >= 11 is 0. The van der Waals surface area contributed by atoms with Gasteiger partial charge in [0.25, 0.3) is 5.91 Å². The lowest BCUT2D eigenvalue weighted by Gasteiger charge is -2.12. The molecule has 0 fully saturated rings. The number of nitrogens with one attached hydrogen (secondary N) is 1. The first-order chi connectivity index (χ1) is 10.1. The van der Waals surface area contributed by atoms with Crippen LogP contribution in [0.2, 0.25) is 0 Å². The molecule has 0 aliphatic rings. The van der Waals surface area contributed by atoms with Gasteiger partial charge >= 0.3 is 0 Å². The zero-order valence-electron chi connectivity index (χ0n) is 12.5. The highest BCUT2D eigenvalue weighted by Crippen LogP contribution is 2.22. The van der Waals surface area contributed by atoms with Gasteiger partial charge in [0.2, 0.25) is 0 Å². The maximum Gasteiger partial charge on any atom is 0.262 e. The number of aryl methyl sites for hydroxylation is 2. The summed E-state index contributed by atoms with van der Waals surface area (Å²) in [6.07, 6.45) is 0. The van der Waals surface area contributed by atoms with E-state index in [0.29, 0.717) is 5.69 Å². The minimum atomic E-state index is -0.192. The molecule has 2 aromatic carbocycles. The van der Waals surface area contributed by atoms with Gasteiger partial charge in [-0.2, -0.15) is 0 Å². The summed E-state index contributed by atoms with van der Waals surface area (Å²) in [7, 11) is 1.60. The Morgan fingerprint density at radius 2 is 1.67 bits per heavy atom. The molecule has 1 amide bonds. The lowest BCUT2D eigenvalue weighted by atomic mass is 10.1. The number of carbonyl (C=O) groups is 1. The van der Waals surface area contributed by atoms with Crippen LogP contribution in [0.1, 0.15) is 11.1 Å². The van der Waals surface area contributed by atoms with Crippen molar-refractivity contribution in [1.82, 2.24) is 0 Å². The predicted molar refractivity (Wildman–Crippen MR) is 83.0 cm³/mol. The van der Waals surface area contributed by atoms with Crippen LogP contribution >= 0.6 is 0 Å². The van der Waals surface area contributed by atoms with Crippen LogP contribution in [0.15, 0.2) is 42.5 Å². The molecule has 2 rings (SSSR count). The lowest BCUT2D eigenvalue weighted by Crippen LogP contribution is -2.20. The van der Waals surface area contributed by atoms with Gasteiger partial charge in [-0.3, -0.25) is 4.79 Å². The molecule has 4 heteroatoms. The fraction of sp³-hybridized carbons (Fsp3) is 0.235. The summed E-state index contributed by atoms with van der Waals surface area (Å²) in [6, 6.07) is 13.1. The van der Waals surface area contributed by atoms with Crippen molar-refractivity contribution in [3.8, 4) is 11.5 Å². The predicted octanol–water partition coefficient (Wildman–Crippen LogP) is 3.33. The number of carbonyl (C=O) groups excluding carboxylic acids is 1. The fourth-order valence-corrected chi connectivity index (χ4v) is 2.04. The molecule has 4 nitrogen and oxygen atoms in total. The van der Waals surface area contributed by atoms with Crippen molar-refractivity contribution in [2.24, 2.45) is 0 Å². The van der Waals surface area contributed by atoms with Crippen LogP contribution in [-0.4, -0.2) is 19.6 Å². The first-order valence-corrected chi connectivity index (χ1v) is 6.73. The third kappa shape index (κ3) is 3.99. The molecule has 0 unspecified atom stereocenters. The number of methoxy groups -OCH3 is 1. The van der Waals surface area contributed by atoms with E-state index >= 15 is 0 Å². The number of amides is 1. The van der Waals surface area contributed by atoms with Gasteiger partial charge in [-0.25, -0.2) is 0 Å². The molecule has 0 atom stereocenters. The maximum atomic E-state index is 11.9. The summed E-state index contributed by atoms with van der Waals surface area (Å²) in [5.74, 6) is 1.32. The van der Waals surface area contributed by atoms with Gasteiger partial charge in [0.15, 0.2) is 6.61 Å². The van der Waals surface area contributed by atoms with E-state index in [1.54, 1.807) is 31.4 Å². The standard InChI is InChI=1S/C17H19NO3/c1-12-5-4-6-13(2)17(12)21-11-16(19)18-14-7-9-15(20-3)10-8-14/h4-10H,11H2,1-3H3,(H,18,19). The molecule has 0 saturated heterocycles. The SMILES string of the molecule is COc1ccc(NC(=O)COc2c(C)cccc2C)cc1. The van der Waals surface area contributed by atoms with E-state index in [1.165, 1.54) is 0 Å². The number of rotatable bonds is 5. The van der Waals surface area contributed by atoms with E-state index in [9.17, 15) is 4.79 Å². The van der Waals surface area contributed by atoms with Crippen molar-refractivity contribution in [2.45, 2.75) is 13.8 Å². The minimum Gasteiger partial charge on any atom is -0.497 e. The van der Waals surface area contributed by atoms with Crippen molar-refractivity contribution in [1.29, 1.82) is 0 Å². The molecule has 0 aliphatic heterocycles. The Kier molecular flexibility index (Phi) is 4.82. The highest BCUT2D eigenvalue weighted by Gasteiger charge is 2.07. The molecule has 2 aromatic rings. The van der Waals surface area contributed by atoms with Gasteiger partial charge in [0, 0.05) is 5.69 Å².